The first-order valence-electron chi connectivity index (χ1n) is 7.10. The molecule has 4 unspecified atom stereocenters. The van der Waals surface area contributed by atoms with Crippen molar-refractivity contribution in [3.05, 3.63) is 20.8 Å². The second-order valence-electron chi connectivity index (χ2n) is 5.70. The Kier molecular flexibility index (Phi) is 5.28. The maximum atomic E-state index is 3.71. The molecule has 3 heteroatoms. The first-order chi connectivity index (χ1) is 8.61. The van der Waals surface area contributed by atoms with Gasteiger partial charge in [-0.05, 0) is 65.2 Å². The number of hydrogen-bond donors (Lipinski definition) is 1. The van der Waals surface area contributed by atoms with E-state index < -0.39 is 0 Å². The van der Waals surface area contributed by atoms with E-state index in [1.54, 1.807) is 0 Å². The minimum atomic E-state index is 0.557. The van der Waals surface area contributed by atoms with Gasteiger partial charge in [-0.3, -0.25) is 0 Å². The molecule has 18 heavy (non-hydrogen) atoms. The smallest absolute Gasteiger partial charge is 0.0701 e. The second-order valence-corrected chi connectivity index (χ2v) is 8.20. The summed E-state index contributed by atoms with van der Waals surface area (Å²) in [6.45, 7) is 8.10. The van der Waals surface area contributed by atoms with Crippen LogP contribution in [0.3, 0.4) is 0 Å². The summed E-state index contributed by atoms with van der Waals surface area (Å²) in [6, 6.07) is 5.02. The third-order valence-corrected chi connectivity index (χ3v) is 6.14. The van der Waals surface area contributed by atoms with E-state index in [0.717, 1.165) is 24.3 Å². The highest BCUT2D eigenvalue weighted by Crippen LogP contribution is 2.41. The lowest BCUT2D eigenvalue weighted by molar-refractivity contribution is 0.173. The molecule has 1 nitrogen and oxygen atoms in total. The van der Waals surface area contributed by atoms with Crippen LogP contribution in [-0.2, 0) is 0 Å². The SMILES string of the molecule is CCNC(c1ccc(Br)s1)C1CCC(C)C(C)C1. The molecule has 1 fully saturated rings. The van der Waals surface area contributed by atoms with E-state index in [1.165, 1.54) is 27.9 Å². The predicted octanol–water partition coefficient (Wildman–Crippen LogP) is 5.23. The fourth-order valence-corrected chi connectivity index (χ4v) is 4.70. The molecular weight excluding hydrogens is 306 g/mol. The standard InChI is InChI=1S/C15H24BrNS/c1-4-17-15(13-7-8-14(16)18-13)12-6-5-10(2)11(3)9-12/h7-8,10-12,15,17H,4-6,9H2,1-3H3. The first kappa shape index (κ1) is 14.5. The van der Waals surface area contributed by atoms with Crippen LogP contribution in [0.2, 0.25) is 0 Å². The van der Waals surface area contributed by atoms with Crippen LogP contribution in [0.5, 0.6) is 0 Å². The maximum Gasteiger partial charge on any atom is 0.0701 e. The lowest BCUT2D eigenvalue weighted by Crippen LogP contribution is -2.32. The largest absolute Gasteiger partial charge is 0.309 e. The predicted molar refractivity (Wildman–Crippen MR) is 84.1 cm³/mol. The van der Waals surface area contributed by atoms with Crippen molar-refractivity contribution in [2.75, 3.05) is 6.54 Å². The van der Waals surface area contributed by atoms with Crippen LogP contribution in [-0.4, -0.2) is 6.54 Å². The monoisotopic (exact) mass is 329 g/mol. The highest BCUT2D eigenvalue weighted by molar-refractivity contribution is 9.11. The van der Waals surface area contributed by atoms with Gasteiger partial charge in [-0.15, -0.1) is 11.3 Å². The van der Waals surface area contributed by atoms with E-state index in [4.69, 9.17) is 0 Å². The fourth-order valence-electron chi connectivity index (χ4n) is 3.11. The molecule has 1 saturated carbocycles. The van der Waals surface area contributed by atoms with Crippen molar-refractivity contribution in [3.8, 4) is 0 Å². The summed E-state index contributed by atoms with van der Waals surface area (Å²) < 4.78 is 1.25. The van der Waals surface area contributed by atoms with E-state index in [9.17, 15) is 0 Å². The summed E-state index contributed by atoms with van der Waals surface area (Å²) in [6.07, 6.45) is 4.13. The van der Waals surface area contributed by atoms with Gasteiger partial charge in [-0.25, -0.2) is 0 Å². The second kappa shape index (κ2) is 6.53. The molecular formula is C15H24BrNS. The van der Waals surface area contributed by atoms with Crippen molar-refractivity contribution in [1.29, 1.82) is 0 Å². The number of hydrogen-bond acceptors (Lipinski definition) is 2. The van der Waals surface area contributed by atoms with Gasteiger partial charge in [0.1, 0.15) is 0 Å². The average Bonchev–Trinajstić information content (AvgIpc) is 2.76. The van der Waals surface area contributed by atoms with Gasteiger partial charge in [-0.2, -0.15) is 0 Å². The summed E-state index contributed by atoms with van der Waals surface area (Å²) in [4.78, 5) is 1.50. The van der Waals surface area contributed by atoms with Gasteiger partial charge >= 0.3 is 0 Å². The Bertz CT molecular complexity index is 376. The molecule has 1 aliphatic rings. The lowest BCUT2D eigenvalue weighted by atomic mass is 9.73. The van der Waals surface area contributed by atoms with E-state index in [1.807, 2.05) is 11.3 Å². The van der Waals surface area contributed by atoms with Gasteiger partial charge in [0.05, 0.1) is 3.79 Å². The van der Waals surface area contributed by atoms with E-state index >= 15 is 0 Å². The normalized spacial score (nSPS) is 30.3. The highest BCUT2D eigenvalue weighted by atomic mass is 79.9. The Morgan fingerprint density at radius 3 is 2.67 bits per heavy atom. The van der Waals surface area contributed by atoms with Crippen LogP contribution in [0, 0.1) is 17.8 Å². The van der Waals surface area contributed by atoms with Crippen molar-refractivity contribution >= 4 is 27.3 Å². The molecule has 2 rings (SSSR count). The minimum absolute atomic E-state index is 0.557. The Morgan fingerprint density at radius 1 is 1.33 bits per heavy atom. The maximum absolute atomic E-state index is 3.71. The summed E-state index contributed by atoms with van der Waals surface area (Å²) in [5, 5.41) is 3.71. The van der Waals surface area contributed by atoms with Crippen molar-refractivity contribution in [2.45, 2.75) is 46.1 Å². The molecule has 1 aliphatic carbocycles. The van der Waals surface area contributed by atoms with E-state index in [-0.39, 0.29) is 0 Å². The third-order valence-electron chi connectivity index (χ3n) is 4.43. The Balaban J connectivity index is 2.10. The van der Waals surface area contributed by atoms with Crippen molar-refractivity contribution in [2.24, 2.45) is 17.8 Å². The fraction of sp³-hybridized carbons (Fsp3) is 0.733. The minimum Gasteiger partial charge on any atom is -0.309 e. The number of thiophene rings is 1. The summed E-state index contributed by atoms with van der Waals surface area (Å²) >= 11 is 5.47. The van der Waals surface area contributed by atoms with Crippen LogP contribution >= 0.6 is 27.3 Å². The van der Waals surface area contributed by atoms with Gasteiger partial charge in [0.2, 0.25) is 0 Å². The zero-order chi connectivity index (χ0) is 13.1. The van der Waals surface area contributed by atoms with Crippen molar-refractivity contribution < 1.29 is 0 Å². The third kappa shape index (κ3) is 3.37. The molecule has 102 valence electrons. The van der Waals surface area contributed by atoms with Crippen molar-refractivity contribution in [1.82, 2.24) is 5.32 Å². The van der Waals surface area contributed by atoms with Crippen LogP contribution in [0.15, 0.2) is 15.9 Å². The summed E-state index contributed by atoms with van der Waals surface area (Å²) in [7, 11) is 0. The zero-order valence-corrected chi connectivity index (χ0v) is 14.0. The molecule has 1 heterocycles. The molecule has 1 N–H and O–H groups in total. The molecule has 0 saturated heterocycles. The Labute approximate surface area is 123 Å². The molecule has 0 amide bonds. The molecule has 0 radical (unpaired) electrons. The van der Waals surface area contributed by atoms with Crippen LogP contribution < -0.4 is 5.32 Å². The Morgan fingerprint density at radius 2 is 2.11 bits per heavy atom. The Hall–Kier alpha value is 0.140. The van der Waals surface area contributed by atoms with Crippen LogP contribution in [0.1, 0.15) is 51.0 Å². The quantitative estimate of drug-likeness (QED) is 0.797. The molecule has 0 aliphatic heterocycles. The van der Waals surface area contributed by atoms with Gasteiger partial charge < -0.3 is 5.32 Å². The zero-order valence-electron chi connectivity index (χ0n) is 11.6. The molecule has 0 aromatic carbocycles. The van der Waals surface area contributed by atoms with E-state index in [2.05, 4.69) is 54.2 Å². The molecule has 1 aromatic heterocycles. The number of halogens is 1. The summed E-state index contributed by atoms with van der Waals surface area (Å²) in [5.74, 6) is 2.58. The number of nitrogens with one attached hydrogen (secondary N) is 1. The first-order valence-corrected chi connectivity index (χ1v) is 8.71. The van der Waals surface area contributed by atoms with Gasteiger partial charge in [0.15, 0.2) is 0 Å². The lowest BCUT2D eigenvalue weighted by Gasteiger charge is -2.36. The van der Waals surface area contributed by atoms with E-state index in [0.29, 0.717) is 6.04 Å². The summed E-state index contributed by atoms with van der Waals surface area (Å²) in [5.41, 5.74) is 0. The topological polar surface area (TPSA) is 12.0 Å². The highest BCUT2D eigenvalue weighted by Gasteiger charge is 2.31. The average molecular weight is 330 g/mol. The molecule has 0 spiro atoms. The van der Waals surface area contributed by atoms with Crippen molar-refractivity contribution in [3.63, 3.8) is 0 Å². The van der Waals surface area contributed by atoms with Gasteiger partial charge in [-0.1, -0.05) is 27.2 Å². The number of rotatable bonds is 4. The van der Waals surface area contributed by atoms with Crippen LogP contribution in [0.25, 0.3) is 0 Å². The van der Waals surface area contributed by atoms with Gasteiger partial charge in [0.25, 0.3) is 0 Å². The van der Waals surface area contributed by atoms with Gasteiger partial charge in [0, 0.05) is 10.9 Å². The molecule has 1 aromatic rings. The van der Waals surface area contributed by atoms with Crippen LogP contribution in [0.4, 0.5) is 0 Å². The molecule has 0 bridgehead atoms. The molecule has 4 atom stereocenters.